The summed E-state index contributed by atoms with van der Waals surface area (Å²) in [6, 6.07) is 7.17. The van der Waals surface area contributed by atoms with Gasteiger partial charge in [-0.15, -0.1) is 0 Å². The van der Waals surface area contributed by atoms with Crippen LogP contribution in [-0.2, 0) is 0 Å². The van der Waals surface area contributed by atoms with E-state index in [2.05, 4.69) is 10.3 Å². The van der Waals surface area contributed by atoms with Gasteiger partial charge in [0, 0.05) is 5.56 Å². The molecule has 1 amide bonds. The molecule has 0 radical (unpaired) electrons. The first kappa shape index (κ1) is 13.2. The molecule has 2 rings (SSSR count). The van der Waals surface area contributed by atoms with Crippen LogP contribution in [0, 0.1) is 13.8 Å². The molecule has 1 aromatic heterocycles. The fourth-order valence-electron chi connectivity index (χ4n) is 1.64. The van der Waals surface area contributed by atoms with Crippen LogP contribution in [-0.4, -0.2) is 22.0 Å². The third-order valence-corrected chi connectivity index (χ3v) is 3.66. The van der Waals surface area contributed by atoms with Crippen molar-refractivity contribution >= 4 is 28.3 Å². The molecule has 0 aliphatic heterocycles. The Labute approximate surface area is 113 Å². The number of aromatic carboxylic acids is 1. The molecule has 1 aromatic carbocycles. The lowest BCUT2D eigenvalue weighted by Gasteiger charge is -2.04. The van der Waals surface area contributed by atoms with Gasteiger partial charge in [-0.3, -0.25) is 10.1 Å². The zero-order valence-electron chi connectivity index (χ0n) is 10.4. The van der Waals surface area contributed by atoms with Gasteiger partial charge in [0.05, 0.1) is 5.69 Å². The molecule has 0 bridgehead atoms. The van der Waals surface area contributed by atoms with Crippen molar-refractivity contribution in [1.29, 1.82) is 0 Å². The number of aromatic nitrogens is 1. The number of benzene rings is 1. The van der Waals surface area contributed by atoms with Crippen LogP contribution in [0.5, 0.6) is 0 Å². The van der Waals surface area contributed by atoms with Crippen LogP contribution >= 0.6 is 11.3 Å². The molecular formula is C13H12N2O3S. The van der Waals surface area contributed by atoms with Gasteiger partial charge in [0.15, 0.2) is 5.13 Å². The molecule has 0 aliphatic carbocycles. The minimum absolute atomic E-state index is 0.139. The van der Waals surface area contributed by atoms with Gasteiger partial charge >= 0.3 is 5.97 Å². The summed E-state index contributed by atoms with van der Waals surface area (Å²) in [6.07, 6.45) is 0. The number of carbonyl (C=O) groups excluding carboxylic acids is 1. The van der Waals surface area contributed by atoms with Crippen molar-refractivity contribution in [2.24, 2.45) is 0 Å². The maximum absolute atomic E-state index is 12.0. The molecule has 0 fully saturated rings. The number of nitrogens with zero attached hydrogens (tertiary/aromatic N) is 1. The van der Waals surface area contributed by atoms with Crippen LogP contribution in [0.4, 0.5) is 5.13 Å². The Morgan fingerprint density at radius 3 is 2.53 bits per heavy atom. The van der Waals surface area contributed by atoms with Crippen molar-refractivity contribution in [2.75, 3.05) is 5.32 Å². The van der Waals surface area contributed by atoms with Gasteiger partial charge < -0.3 is 5.11 Å². The third kappa shape index (κ3) is 2.79. The molecule has 0 saturated carbocycles. The number of anilines is 1. The number of carboxylic acid groups (broad SMARTS) is 1. The summed E-state index contributed by atoms with van der Waals surface area (Å²) >= 11 is 0.954. The van der Waals surface area contributed by atoms with E-state index < -0.39 is 5.97 Å². The van der Waals surface area contributed by atoms with Crippen LogP contribution in [0.15, 0.2) is 24.3 Å². The smallest absolute Gasteiger partial charge is 0.347 e. The highest BCUT2D eigenvalue weighted by atomic mass is 32.1. The van der Waals surface area contributed by atoms with Crippen LogP contribution in [0.3, 0.4) is 0 Å². The van der Waals surface area contributed by atoms with Crippen molar-refractivity contribution in [3.05, 3.63) is 46.0 Å². The average Bonchev–Trinajstić information content (AvgIpc) is 2.70. The number of amides is 1. The lowest BCUT2D eigenvalue weighted by atomic mass is 10.1. The molecular weight excluding hydrogens is 264 g/mol. The number of thiazole rings is 1. The molecule has 2 aromatic rings. The molecule has 6 heteroatoms. The maximum atomic E-state index is 12.0. The standard InChI is InChI=1S/C13H12N2O3S/c1-7-5-3-4-6-9(7)11(16)15-13-14-8(2)10(19-13)12(17)18/h3-6H,1-2H3,(H,17,18)(H,14,15,16). The molecule has 2 N–H and O–H groups in total. The van der Waals surface area contributed by atoms with Gasteiger partial charge in [-0.25, -0.2) is 9.78 Å². The molecule has 1 heterocycles. The topological polar surface area (TPSA) is 79.3 Å². The minimum atomic E-state index is -1.04. The van der Waals surface area contributed by atoms with E-state index in [1.807, 2.05) is 19.1 Å². The monoisotopic (exact) mass is 276 g/mol. The summed E-state index contributed by atoms with van der Waals surface area (Å²) in [4.78, 5) is 27.1. The first-order valence-electron chi connectivity index (χ1n) is 5.56. The van der Waals surface area contributed by atoms with Crippen molar-refractivity contribution < 1.29 is 14.7 Å². The Kier molecular flexibility index (Phi) is 3.62. The summed E-state index contributed by atoms with van der Waals surface area (Å²) in [6.45, 7) is 3.44. The van der Waals surface area contributed by atoms with Gasteiger partial charge in [0.25, 0.3) is 5.91 Å². The van der Waals surface area contributed by atoms with Gasteiger partial charge in [0.2, 0.25) is 0 Å². The van der Waals surface area contributed by atoms with Crippen molar-refractivity contribution in [3.63, 3.8) is 0 Å². The molecule has 0 spiro atoms. The zero-order valence-corrected chi connectivity index (χ0v) is 11.2. The minimum Gasteiger partial charge on any atom is -0.477 e. The highest BCUT2D eigenvalue weighted by Crippen LogP contribution is 2.23. The molecule has 0 aliphatic rings. The Morgan fingerprint density at radius 2 is 1.95 bits per heavy atom. The van der Waals surface area contributed by atoms with E-state index in [1.54, 1.807) is 19.1 Å². The SMILES string of the molecule is Cc1ccccc1C(=O)Nc1nc(C)c(C(=O)O)s1. The first-order valence-corrected chi connectivity index (χ1v) is 6.38. The predicted molar refractivity (Wildman–Crippen MR) is 72.9 cm³/mol. The molecule has 0 atom stereocenters. The fourth-order valence-corrected chi connectivity index (χ4v) is 2.44. The Morgan fingerprint density at radius 1 is 1.26 bits per heavy atom. The number of hydrogen-bond donors (Lipinski definition) is 2. The number of aryl methyl sites for hydroxylation is 2. The van der Waals surface area contributed by atoms with Crippen molar-refractivity contribution in [2.45, 2.75) is 13.8 Å². The molecule has 0 unspecified atom stereocenters. The summed E-state index contributed by atoms with van der Waals surface area (Å²) < 4.78 is 0. The lowest BCUT2D eigenvalue weighted by molar-refractivity contribution is 0.0701. The molecule has 98 valence electrons. The Bertz CT molecular complexity index is 649. The maximum Gasteiger partial charge on any atom is 0.347 e. The first-order chi connectivity index (χ1) is 8.99. The van der Waals surface area contributed by atoms with Gasteiger partial charge in [-0.2, -0.15) is 0 Å². The van der Waals surface area contributed by atoms with E-state index in [-0.39, 0.29) is 10.8 Å². The van der Waals surface area contributed by atoms with Crippen molar-refractivity contribution in [3.8, 4) is 0 Å². The van der Waals surface area contributed by atoms with E-state index in [4.69, 9.17) is 5.11 Å². The molecule has 5 nitrogen and oxygen atoms in total. The van der Waals surface area contributed by atoms with E-state index in [9.17, 15) is 9.59 Å². The van der Waals surface area contributed by atoms with E-state index in [1.165, 1.54) is 0 Å². The van der Waals surface area contributed by atoms with E-state index in [0.29, 0.717) is 16.4 Å². The van der Waals surface area contributed by atoms with Crippen LogP contribution in [0.2, 0.25) is 0 Å². The largest absolute Gasteiger partial charge is 0.477 e. The van der Waals surface area contributed by atoms with E-state index in [0.717, 1.165) is 16.9 Å². The second-order valence-corrected chi connectivity index (χ2v) is 5.01. The van der Waals surface area contributed by atoms with Crippen molar-refractivity contribution in [1.82, 2.24) is 4.98 Å². The molecule has 0 saturated heterocycles. The number of carbonyl (C=O) groups is 2. The lowest BCUT2D eigenvalue weighted by Crippen LogP contribution is -2.12. The fraction of sp³-hybridized carbons (Fsp3) is 0.154. The quantitative estimate of drug-likeness (QED) is 0.903. The Balaban J connectivity index is 2.22. The van der Waals surface area contributed by atoms with Crippen LogP contribution < -0.4 is 5.32 Å². The number of carboxylic acids is 1. The average molecular weight is 276 g/mol. The zero-order chi connectivity index (χ0) is 14.0. The summed E-state index contributed by atoms with van der Waals surface area (Å²) in [5.74, 6) is -1.32. The third-order valence-electron chi connectivity index (χ3n) is 2.60. The summed E-state index contributed by atoms with van der Waals surface area (Å²) in [5.41, 5.74) is 1.80. The predicted octanol–water partition coefficient (Wildman–Crippen LogP) is 2.71. The second-order valence-electron chi connectivity index (χ2n) is 4.01. The highest BCUT2D eigenvalue weighted by molar-refractivity contribution is 7.17. The molecule has 19 heavy (non-hydrogen) atoms. The van der Waals surface area contributed by atoms with Crippen LogP contribution in [0.25, 0.3) is 0 Å². The van der Waals surface area contributed by atoms with Gasteiger partial charge in [0.1, 0.15) is 4.88 Å². The number of rotatable bonds is 3. The number of hydrogen-bond acceptors (Lipinski definition) is 4. The van der Waals surface area contributed by atoms with E-state index >= 15 is 0 Å². The van der Waals surface area contributed by atoms with Gasteiger partial charge in [-0.1, -0.05) is 29.5 Å². The summed E-state index contributed by atoms with van der Waals surface area (Å²) in [5, 5.41) is 11.8. The number of nitrogens with one attached hydrogen (secondary N) is 1. The Hall–Kier alpha value is -2.21. The normalized spacial score (nSPS) is 10.2. The van der Waals surface area contributed by atoms with Gasteiger partial charge in [-0.05, 0) is 25.5 Å². The van der Waals surface area contributed by atoms with Crippen LogP contribution in [0.1, 0.15) is 31.3 Å². The highest BCUT2D eigenvalue weighted by Gasteiger charge is 2.16. The second kappa shape index (κ2) is 5.19. The summed E-state index contributed by atoms with van der Waals surface area (Å²) in [7, 11) is 0.